The first-order valence-electron chi connectivity index (χ1n) is 4.83. The maximum absolute atomic E-state index is 10.1. The van der Waals surface area contributed by atoms with Crippen LogP contribution < -0.4 is 0 Å². The van der Waals surface area contributed by atoms with Crippen LogP contribution in [-0.2, 0) is 21.5 Å². The van der Waals surface area contributed by atoms with Crippen molar-refractivity contribution >= 4 is 33.3 Å². The summed E-state index contributed by atoms with van der Waals surface area (Å²) < 4.78 is 4.66. The van der Waals surface area contributed by atoms with Gasteiger partial charge in [0.1, 0.15) is 6.61 Å². The smallest absolute Gasteiger partial charge is 0.293 e. The van der Waals surface area contributed by atoms with Crippen molar-refractivity contribution in [1.82, 2.24) is 4.98 Å². The molecule has 0 radical (unpaired) electrons. The number of halogens is 1. The zero-order valence-electron chi connectivity index (χ0n) is 8.52. The number of aromatic nitrogens is 1. The maximum Gasteiger partial charge on any atom is 0.293 e. The molecule has 2 rings (SSSR count). The number of hydrogen-bond donors (Lipinski definition) is 0. The summed E-state index contributed by atoms with van der Waals surface area (Å²) in [5.74, 6) is 0. The van der Waals surface area contributed by atoms with Gasteiger partial charge in [-0.15, -0.1) is 0 Å². The van der Waals surface area contributed by atoms with Crippen LogP contribution in [0.5, 0.6) is 0 Å². The molecule has 1 heterocycles. The van der Waals surface area contributed by atoms with Crippen LogP contribution in [0.2, 0.25) is 0 Å². The molecule has 82 valence electrons. The second-order valence-corrected chi connectivity index (χ2v) is 3.93. The van der Waals surface area contributed by atoms with E-state index in [1.807, 2.05) is 24.3 Å². The normalized spacial score (nSPS) is 10.3. The van der Waals surface area contributed by atoms with Crippen LogP contribution in [0.1, 0.15) is 11.3 Å². The number of pyridine rings is 1. The lowest BCUT2D eigenvalue weighted by Gasteiger charge is -2.03. The molecule has 16 heavy (non-hydrogen) atoms. The molecule has 0 saturated heterocycles. The van der Waals surface area contributed by atoms with E-state index in [9.17, 15) is 4.79 Å². The van der Waals surface area contributed by atoms with Gasteiger partial charge in [0.05, 0.1) is 11.2 Å². The fourth-order valence-corrected chi connectivity index (χ4v) is 1.85. The molecule has 0 unspecified atom stereocenters. The van der Waals surface area contributed by atoms with E-state index in [0.29, 0.717) is 6.47 Å². The van der Waals surface area contributed by atoms with Crippen molar-refractivity contribution in [2.45, 2.75) is 11.9 Å². The molecule has 3 nitrogen and oxygen atoms in total. The Balaban J connectivity index is 2.35. The van der Waals surface area contributed by atoms with Crippen molar-refractivity contribution in [3.8, 4) is 0 Å². The minimum Gasteiger partial charge on any atom is -0.461 e. The van der Waals surface area contributed by atoms with Gasteiger partial charge in [-0.1, -0.05) is 28.1 Å². The molecule has 0 aliphatic heterocycles. The topological polar surface area (TPSA) is 39.2 Å². The number of rotatable bonds is 4. The van der Waals surface area contributed by atoms with E-state index in [0.717, 1.165) is 21.9 Å². The Morgan fingerprint density at radius 2 is 2.19 bits per heavy atom. The van der Waals surface area contributed by atoms with Crippen LogP contribution in [0.15, 0.2) is 30.3 Å². The third-order valence-electron chi connectivity index (χ3n) is 2.26. The van der Waals surface area contributed by atoms with Gasteiger partial charge in [0.2, 0.25) is 0 Å². The van der Waals surface area contributed by atoms with Gasteiger partial charge in [-0.2, -0.15) is 0 Å². The molecular formula is C12H10BrNO2. The third kappa shape index (κ3) is 2.39. The molecule has 0 saturated carbocycles. The highest BCUT2D eigenvalue weighted by Gasteiger charge is 2.00. The summed E-state index contributed by atoms with van der Waals surface area (Å²) in [6.45, 7) is 0.652. The first kappa shape index (κ1) is 11.1. The molecular weight excluding hydrogens is 270 g/mol. The summed E-state index contributed by atoms with van der Waals surface area (Å²) in [5, 5.41) is 1.92. The van der Waals surface area contributed by atoms with Crippen molar-refractivity contribution in [2.75, 3.05) is 0 Å². The van der Waals surface area contributed by atoms with Crippen molar-refractivity contribution in [1.29, 1.82) is 0 Å². The number of benzene rings is 1. The van der Waals surface area contributed by atoms with E-state index in [4.69, 9.17) is 0 Å². The molecule has 0 atom stereocenters. The second-order valence-electron chi connectivity index (χ2n) is 3.37. The fraction of sp³-hybridized carbons (Fsp3) is 0.167. The molecule has 4 heteroatoms. The van der Waals surface area contributed by atoms with E-state index >= 15 is 0 Å². The molecule has 0 fully saturated rings. The van der Waals surface area contributed by atoms with E-state index in [-0.39, 0.29) is 6.61 Å². The molecule has 0 bridgehead atoms. The van der Waals surface area contributed by atoms with Crippen LogP contribution >= 0.6 is 15.9 Å². The minimum absolute atomic E-state index is 0.222. The summed E-state index contributed by atoms with van der Waals surface area (Å²) in [4.78, 5) is 14.5. The Morgan fingerprint density at radius 3 is 2.94 bits per heavy atom. The van der Waals surface area contributed by atoms with Crippen molar-refractivity contribution < 1.29 is 9.53 Å². The Bertz CT molecular complexity index is 513. The van der Waals surface area contributed by atoms with E-state index in [1.54, 1.807) is 0 Å². The monoisotopic (exact) mass is 279 g/mol. The third-order valence-corrected chi connectivity index (χ3v) is 2.91. The quantitative estimate of drug-likeness (QED) is 0.638. The molecule has 1 aromatic heterocycles. The number of carbonyl (C=O) groups excluding carboxylic acids is 1. The van der Waals surface area contributed by atoms with Crippen LogP contribution in [0.25, 0.3) is 10.9 Å². The molecule has 0 aliphatic carbocycles. The fourth-order valence-electron chi connectivity index (χ4n) is 1.50. The lowest BCUT2D eigenvalue weighted by Crippen LogP contribution is -1.94. The Kier molecular flexibility index (Phi) is 3.51. The van der Waals surface area contributed by atoms with Gasteiger partial charge in [0, 0.05) is 10.7 Å². The van der Waals surface area contributed by atoms with Gasteiger partial charge in [-0.3, -0.25) is 4.79 Å². The summed E-state index contributed by atoms with van der Waals surface area (Å²) in [7, 11) is 0. The first-order valence-corrected chi connectivity index (χ1v) is 5.95. The molecule has 0 spiro atoms. The second kappa shape index (κ2) is 5.07. The molecule has 1 aromatic carbocycles. The highest BCUT2D eigenvalue weighted by Crippen LogP contribution is 2.16. The van der Waals surface area contributed by atoms with Gasteiger partial charge >= 0.3 is 0 Å². The van der Waals surface area contributed by atoms with Crippen LogP contribution in [0.3, 0.4) is 0 Å². The van der Waals surface area contributed by atoms with Gasteiger partial charge in [-0.25, -0.2) is 4.98 Å². The van der Waals surface area contributed by atoms with Gasteiger partial charge < -0.3 is 4.74 Å². The zero-order chi connectivity index (χ0) is 11.4. The number of carbonyl (C=O) groups is 1. The molecule has 0 aliphatic rings. The van der Waals surface area contributed by atoms with Gasteiger partial charge in [0.25, 0.3) is 6.47 Å². The standard InChI is InChI=1S/C12H10BrNO2/c13-6-9-1-4-12-10(5-9)2-3-11(14-12)7-16-8-15/h1-5,8H,6-7H2. The SMILES string of the molecule is O=COCc1ccc2cc(CBr)ccc2n1. The lowest BCUT2D eigenvalue weighted by atomic mass is 10.1. The predicted octanol–water partition coefficient (Wildman–Crippen LogP) is 2.80. The van der Waals surface area contributed by atoms with Gasteiger partial charge in [-0.05, 0) is 23.8 Å². The van der Waals surface area contributed by atoms with Crippen LogP contribution in [0.4, 0.5) is 0 Å². The van der Waals surface area contributed by atoms with Crippen molar-refractivity contribution in [3.05, 3.63) is 41.6 Å². The summed E-state index contributed by atoms with van der Waals surface area (Å²) in [6.07, 6.45) is 0. The summed E-state index contributed by atoms with van der Waals surface area (Å²) in [6, 6.07) is 9.92. The lowest BCUT2D eigenvalue weighted by molar-refractivity contribution is -0.129. The zero-order valence-corrected chi connectivity index (χ0v) is 10.1. The Labute approximate surface area is 102 Å². The molecule has 2 aromatic rings. The van der Waals surface area contributed by atoms with Crippen molar-refractivity contribution in [2.24, 2.45) is 0 Å². The molecule has 0 amide bonds. The Hall–Kier alpha value is -1.42. The predicted molar refractivity (Wildman–Crippen MR) is 65.2 cm³/mol. The first-order chi connectivity index (χ1) is 7.83. The summed E-state index contributed by atoms with van der Waals surface area (Å²) in [5.41, 5.74) is 2.88. The average Bonchev–Trinajstić information content (AvgIpc) is 2.35. The van der Waals surface area contributed by atoms with Crippen molar-refractivity contribution in [3.63, 3.8) is 0 Å². The van der Waals surface area contributed by atoms with Crippen LogP contribution in [-0.4, -0.2) is 11.5 Å². The average molecular weight is 280 g/mol. The highest BCUT2D eigenvalue weighted by atomic mass is 79.9. The van der Waals surface area contributed by atoms with Gasteiger partial charge in [0.15, 0.2) is 0 Å². The summed E-state index contributed by atoms with van der Waals surface area (Å²) >= 11 is 3.41. The largest absolute Gasteiger partial charge is 0.461 e. The minimum atomic E-state index is 0.222. The number of alkyl halides is 1. The highest BCUT2D eigenvalue weighted by molar-refractivity contribution is 9.08. The van der Waals surface area contributed by atoms with E-state index in [2.05, 4.69) is 31.7 Å². The number of hydrogen-bond acceptors (Lipinski definition) is 3. The van der Waals surface area contributed by atoms with E-state index < -0.39 is 0 Å². The van der Waals surface area contributed by atoms with E-state index in [1.165, 1.54) is 5.56 Å². The number of nitrogens with zero attached hydrogens (tertiary/aromatic N) is 1. The molecule has 0 N–H and O–H groups in total. The number of ether oxygens (including phenoxy) is 1. The number of fused-ring (bicyclic) bond motifs is 1. The van der Waals surface area contributed by atoms with Crippen LogP contribution in [0, 0.1) is 0 Å². The Morgan fingerprint density at radius 1 is 1.31 bits per heavy atom. The maximum atomic E-state index is 10.1.